The topological polar surface area (TPSA) is 95.5 Å². The number of carboxylic acids is 1. The van der Waals surface area contributed by atoms with Crippen LogP contribution < -0.4 is 10.6 Å². The van der Waals surface area contributed by atoms with Crippen LogP contribution in [0, 0.1) is 5.92 Å². The Morgan fingerprint density at radius 1 is 1.12 bits per heavy atom. The van der Waals surface area contributed by atoms with Gasteiger partial charge < -0.3 is 15.7 Å². The highest BCUT2D eigenvalue weighted by Gasteiger charge is 2.21. The number of anilines is 1. The van der Waals surface area contributed by atoms with E-state index in [1.54, 1.807) is 24.3 Å². The minimum Gasteiger partial charge on any atom is -0.481 e. The molecule has 1 saturated carbocycles. The first-order valence-electron chi connectivity index (χ1n) is 9.34. The number of amides is 2. The molecule has 6 heteroatoms. The first-order valence-corrected chi connectivity index (χ1v) is 9.34. The lowest BCUT2D eigenvalue weighted by atomic mass is 9.84. The van der Waals surface area contributed by atoms with Crippen molar-refractivity contribution in [2.45, 2.75) is 64.3 Å². The molecular weight excluding hydrogens is 332 g/mol. The third-order valence-electron chi connectivity index (χ3n) is 4.85. The van der Waals surface area contributed by atoms with Crippen LogP contribution in [0.15, 0.2) is 24.3 Å². The molecule has 1 atom stereocenters. The average Bonchev–Trinajstić information content (AvgIpc) is 2.60. The van der Waals surface area contributed by atoms with Crippen molar-refractivity contribution in [1.29, 1.82) is 0 Å². The number of benzene rings is 1. The Labute approximate surface area is 154 Å². The first kappa shape index (κ1) is 19.9. The van der Waals surface area contributed by atoms with Crippen molar-refractivity contribution < 1.29 is 19.5 Å². The molecule has 2 rings (SSSR count). The largest absolute Gasteiger partial charge is 0.481 e. The summed E-state index contributed by atoms with van der Waals surface area (Å²) in [5, 5.41) is 14.6. The molecule has 0 saturated heterocycles. The van der Waals surface area contributed by atoms with E-state index >= 15 is 0 Å². The fraction of sp³-hybridized carbons (Fsp3) is 0.550. The lowest BCUT2D eigenvalue weighted by molar-refractivity contribution is -0.137. The zero-order chi connectivity index (χ0) is 18.9. The highest BCUT2D eigenvalue weighted by Crippen LogP contribution is 2.28. The van der Waals surface area contributed by atoms with Gasteiger partial charge in [-0.05, 0) is 43.0 Å². The van der Waals surface area contributed by atoms with Crippen molar-refractivity contribution in [3.05, 3.63) is 29.8 Å². The van der Waals surface area contributed by atoms with Gasteiger partial charge in [0.2, 0.25) is 5.91 Å². The van der Waals surface area contributed by atoms with Crippen LogP contribution in [0.25, 0.3) is 0 Å². The number of hydrogen-bond acceptors (Lipinski definition) is 3. The molecule has 0 heterocycles. The van der Waals surface area contributed by atoms with Crippen molar-refractivity contribution in [3.8, 4) is 0 Å². The van der Waals surface area contributed by atoms with Gasteiger partial charge in [0.05, 0.1) is 0 Å². The summed E-state index contributed by atoms with van der Waals surface area (Å²) in [4.78, 5) is 34.5. The van der Waals surface area contributed by atoms with Gasteiger partial charge in [-0.2, -0.15) is 0 Å². The Hall–Kier alpha value is -2.37. The predicted molar refractivity (Wildman–Crippen MR) is 100 cm³/mol. The molecule has 1 aromatic carbocycles. The van der Waals surface area contributed by atoms with Crippen molar-refractivity contribution in [2.24, 2.45) is 5.92 Å². The van der Waals surface area contributed by atoms with E-state index in [1.165, 1.54) is 26.2 Å². The molecule has 1 aliphatic rings. The van der Waals surface area contributed by atoms with Gasteiger partial charge in [0.1, 0.15) is 0 Å². The summed E-state index contributed by atoms with van der Waals surface area (Å²) >= 11 is 0. The van der Waals surface area contributed by atoms with E-state index in [9.17, 15) is 14.4 Å². The van der Waals surface area contributed by atoms with E-state index in [0.29, 0.717) is 23.6 Å². The molecule has 3 N–H and O–H groups in total. The number of carbonyl (C=O) groups is 3. The summed E-state index contributed by atoms with van der Waals surface area (Å²) in [7, 11) is 0. The van der Waals surface area contributed by atoms with Gasteiger partial charge in [0.15, 0.2) is 0 Å². The van der Waals surface area contributed by atoms with Crippen LogP contribution in [-0.4, -0.2) is 28.9 Å². The fourth-order valence-corrected chi connectivity index (χ4v) is 3.55. The SMILES string of the molecule is CC(=O)Nc1ccc(C(=O)NC(CCC(=O)O)CC2CCCCC2)cc1. The number of rotatable bonds is 8. The maximum Gasteiger partial charge on any atom is 0.303 e. The van der Waals surface area contributed by atoms with Gasteiger partial charge >= 0.3 is 5.97 Å². The van der Waals surface area contributed by atoms with Gasteiger partial charge in [0.25, 0.3) is 5.91 Å². The average molecular weight is 360 g/mol. The third-order valence-corrected chi connectivity index (χ3v) is 4.85. The van der Waals surface area contributed by atoms with Crippen LogP contribution in [0.2, 0.25) is 0 Å². The minimum atomic E-state index is -0.840. The molecule has 26 heavy (non-hydrogen) atoms. The number of carbonyl (C=O) groups excluding carboxylic acids is 2. The molecule has 0 spiro atoms. The van der Waals surface area contributed by atoms with Crippen LogP contribution in [0.5, 0.6) is 0 Å². The Morgan fingerprint density at radius 3 is 2.35 bits per heavy atom. The second-order valence-electron chi connectivity index (χ2n) is 7.10. The van der Waals surface area contributed by atoms with Gasteiger partial charge in [-0.15, -0.1) is 0 Å². The number of hydrogen-bond donors (Lipinski definition) is 3. The monoisotopic (exact) mass is 360 g/mol. The molecule has 6 nitrogen and oxygen atoms in total. The van der Waals surface area contributed by atoms with E-state index in [2.05, 4.69) is 10.6 Å². The van der Waals surface area contributed by atoms with E-state index in [0.717, 1.165) is 19.3 Å². The van der Waals surface area contributed by atoms with Crippen molar-refractivity contribution >= 4 is 23.5 Å². The Kier molecular flexibility index (Phi) is 7.63. The van der Waals surface area contributed by atoms with E-state index < -0.39 is 5.97 Å². The van der Waals surface area contributed by atoms with Crippen LogP contribution in [0.3, 0.4) is 0 Å². The maximum absolute atomic E-state index is 12.5. The lowest BCUT2D eigenvalue weighted by Gasteiger charge is -2.27. The highest BCUT2D eigenvalue weighted by atomic mass is 16.4. The number of aliphatic carboxylic acids is 1. The molecule has 0 bridgehead atoms. The molecule has 1 aliphatic carbocycles. The Morgan fingerprint density at radius 2 is 1.77 bits per heavy atom. The van der Waals surface area contributed by atoms with Gasteiger partial charge in [-0.25, -0.2) is 0 Å². The molecule has 2 amide bonds. The van der Waals surface area contributed by atoms with E-state index in [4.69, 9.17) is 5.11 Å². The molecule has 1 fully saturated rings. The zero-order valence-electron chi connectivity index (χ0n) is 15.3. The summed E-state index contributed by atoms with van der Waals surface area (Å²) in [5.74, 6) is -0.647. The molecule has 1 unspecified atom stereocenters. The Balaban J connectivity index is 1.96. The first-order chi connectivity index (χ1) is 12.4. The molecule has 0 aromatic heterocycles. The zero-order valence-corrected chi connectivity index (χ0v) is 15.3. The number of nitrogens with one attached hydrogen (secondary N) is 2. The summed E-state index contributed by atoms with van der Waals surface area (Å²) in [6.07, 6.45) is 7.35. The quantitative estimate of drug-likeness (QED) is 0.660. The smallest absolute Gasteiger partial charge is 0.303 e. The predicted octanol–water partition coefficient (Wildman–Crippen LogP) is 3.58. The van der Waals surface area contributed by atoms with Crippen LogP contribution in [-0.2, 0) is 9.59 Å². The number of carboxylic acid groups (broad SMARTS) is 1. The van der Waals surface area contributed by atoms with Gasteiger partial charge in [-0.3, -0.25) is 14.4 Å². The normalized spacial score (nSPS) is 15.9. The Bertz CT molecular complexity index is 621. The second kappa shape index (κ2) is 9.94. The summed E-state index contributed by atoms with van der Waals surface area (Å²) < 4.78 is 0. The molecular formula is C20H28N2O4. The van der Waals surface area contributed by atoms with E-state index in [1.807, 2.05) is 0 Å². The van der Waals surface area contributed by atoms with Crippen molar-refractivity contribution in [1.82, 2.24) is 5.32 Å². The van der Waals surface area contributed by atoms with Crippen molar-refractivity contribution in [2.75, 3.05) is 5.32 Å². The third kappa shape index (κ3) is 6.86. The highest BCUT2D eigenvalue weighted by molar-refractivity contribution is 5.95. The molecule has 0 radical (unpaired) electrons. The van der Waals surface area contributed by atoms with Crippen LogP contribution >= 0.6 is 0 Å². The maximum atomic E-state index is 12.5. The minimum absolute atomic E-state index is 0.0547. The lowest BCUT2D eigenvalue weighted by Crippen LogP contribution is -2.37. The van der Waals surface area contributed by atoms with Crippen LogP contribution in [0.1, 0.15) is 68.6 Å². The summed E-state index contributed by atoms with van der Waals surface area (Å²) in [6.45, 7) is 1.43. The van der Waals surface area contributed by atoms with Gasteiger partial charge in [0, 0.05) is 30.6 Å². The molecule has 142 valence electrons. The second-order valence-corrected chi connectivity index (χ2v) is 7.10. The van der Waals surface area contributed by atoms with Crippen LogP contribution in [0.4, 0.5) is 5.69 Å². The van der Waals surface area contributed by atoms with Gasteiger partial charge in [-0.1, -0.05) is 32.1 Å². The van der Waals surface area contributed by atoms with Crippen molar-refractivity contribution in [3.63, 3.8) is 0 Å². The summed E-state index contributed by atoms with van der Waals surface area (Å²) in [6, 6.07) is 6.56. The molecule has 1 aromatic rings. The van der Waals surface area contributed by atoms with E-state index in [-0.39, 0.29) is 24.3 Å². The molecule has 0 aliphatic heterocycles. The standard InChI is InChI=1S/C20H28N2O4/c1-14(23)21-17-9-7-16(8-10-17)20(26)22-18(11-12-19(24)25)13-15-5-3-2-4-6-15/h7-10,15,18H,2-6,11-13H2,1H3,(H,21,23)(H,22,26)(H,24,25). The summed E-state index contributed by atoms with van der Waals surface area (Å²) in [5.41, 5.74) is 1.14. The fourth-order valence-electron chi connectivity index (χ4n) is 3.55.